The van der Waals surface area contributed by atoms with Crippen molar-refractivity contribution in [2.24, 2.45) is 5.41 Å². The van der Waals surface area contributed by atoms with Crippen LogP contribution in [-0.2, 0) is 18.9 Å². The van der Waals surface area contributed by atoms with E-state index in [4.69, 9.17) is 18.9 Å². The summed E-state index contributed by atoms with van der Waals surface area (Å²) in [6.45, 7) is 8.23. The van der Waals surface area contributed by atoms with Gasteiger partial charge in [0.05, 0.1) is 13.2 Å². The maximum Gasteiger partial charge on any atom is 0.508 e. The van der Waals surface area contributed by atoms with Gasteiger partial charge in [-0.1, -0.05) is 20.8 Å². The summed E-state index contributed by atoms with van der Waals surface area (Å²) in [6, 6.07) is 0. The highest BCUT2D eigenvalue weighted by molar-refractivity contribution is 5.59. The van der Waals surface area contributed by atoms with Crippen LogP contribution in [0.1, 0.15) is 33.6 Å². The van der Waals surface area contributed by atoms with E-state index < -0.39 is 6.16 Å². The molecule has 0 saturated heterocycles. The second-order valence-electron chi connectivity index (χ2n) is 4.60. The fourth-order valence-corrected chi connectivity index (χ4v) is 1.30. The van der Waals surface area contributed by atoms with Crippen LogP contribution in [0, 0.1) is 5.41 Å². The third-order valence-corrected chi connectivity index (χ3v) is 2.68. The third kappa shape index (κ3) is 8.31. The highest BCUT2D eigenvalue weighted by Gasteiger charge is 2.24. The second-order valence-corrected chi connectivity index (χ2v) is 4.60. The minimum absolute atomic E-state index is 0.160. The van der Waals surface area contributed by atoms with Crippen LogP contribution >= 0.6 is 0 Å². The largest absolute Gasteiger partial charge is 0.508 e. The van der Waals surface area contributed by atoms with Crippen LogP contribution in [0.4, 0.5) is 4.79 Å². The first-order valence-corrected chi connectivity index (χ1v) is 6.44. The molecule has 0 bridgehead atoms. The fourth-order valence-electron chi connectivity index (χ4n) is 1.30. The minimum Gasteiger partial charge on any atom is -0.434 e. The van der Waals surface area contributed by atoms with E-state index in [1.165, 1.54) is 0 Å². The predicted octanol–water partition coefficient (Wildman–Crippen LogP) is 2.63. The van der Waals surface area contributed by atoms with Crippen molar-refractivity contribution in [2.45, 2.75) is 33.6 Å². The summed E-state index contributed by atoms with van der Waals surface area (Å²) in [4.78, 5) is 11.3. The van der Waals surface area contributed by atoms with Crippen LogP contribution in [0.3, 0.4) is 0 Å². The number of rotatable bonds is 10. The number of ether oxygens (including phenoxy) is 4. The zero-order valence-electron chi connectivity index (χ0n) is 12.0. The van der Waals surface area contributed by atoms with Crippen molar-refractivity contribution in [3.63, 3.8) is 0 Å². The molecule has 1 atom stereocenters. The van der Waals surface area contributed by atoms with E-state index >= 15 is 0 Å². The molecule has 0 rings (SSSR count). The summed E-state index contributed by atoms with van der Waals surface area (Å²) in [5, 5.41) is 0. The van der Waals surface area contributed by atoms with Crippen LogP contribution in [-0.4, -0.2) is 46.3 Å². The number of carbonyl (C=O) groups is 1. The molecule has 0 aliphatic heterocycles. The lowest BCUT2D eigenvalue weighted by Gasteiger charge is -2.26. The summed E-state index contributed by atoms with van der Waals surface area (Å²) < 4.78 is 20.2. The van der Waals surface area contributed by atoms with Crippen molar-refractivity contribution >= 4 is 6.16 Å². The minimum atomic E-state index is -0.647. The van der Waals surface area contributed by atoms with E-state index in [0.29, 0.717) is 26.4 Å². The molecule has 0 amide bonds. The summed E-state index contributed by atoms with van der Waals surface area (Å²) >= 11 is 0. The monoisotopic (exact) mass is 262 g/mol. The maximum absolute atomic E-state index is 11.3. The molecule has 0 N–H and O–H groups in total. The van der Waals surface area contributed by atoms with Crippen molar-refractivity contribution in [3.05, 3.63) is 0 Å². The Morgan fingerprint density at radius 2 is 1.78 bits per heavy atom. The van der Waals surface area contributed by atoms with Crippen molar-refractivity contribution in [2.75, 3.05) is 40.1 Å². The standard InChI is InChI=1S/C13H26O5/c1-5-7-16-8-9-17-12(14)18-11-13(3,6-2)10-15-4/h5-11H2,1-4H3. The first-order chi connectivity index (χ1) is 8.58. The van der Waals surface area contributed by atoms with Gasteiger partial charge in [0, 0.05) is 19.1 Å². The Balaban J connectivity index is 3.68. The van der Waals surface area contributed by atoms with Crippen LogP contribution in [0.2, 0.25) is 0 Å². The van der Waals surface area contributed by atoms with Gasteiger partial charge >= 0.3 is 6.16 Å². The zero-order valence-corrected chi connectivity index (χ0v) is 12.0. The van der Waals surface area contributed by atoms with Gasteiger partial charge in [-0.3, -0.25) is 0 Å². The van der Waals surface area contributed by atoms with Crippen LogP contribution < -0.4 is 0 Å². The number of hydrogen-bond acceptors (Lipinski definition) is 5. The molecule has 108 valence electrons. The highest BCUT2D eigenvalue weighted by atomic mass is 16.7. The first-order valence-electron chi connectivity index (χ1n) is 6.44. The van der Waals surface area contributed by atoms with E-state index in [9.17, 15) is 4.79 Å². The quantitative estimate of drug-likeness (QED) is 0.447. The smallest absolute Gasteiger partial charge is 0.434 e. The molecule has 0 heterocycles. The Labute approximate surface area is 110 Å². The van der Waals surface area contributed by atoms with Crippen molar-refractivity contribution in [3.8, 4) is 0 Å². The molecule has 0 fully saturated rings. The van der Waals surface area contributed by atoms with Gasteiger partial charge in [-0.05, 0) is 12.8 Å². The lowest BCUT2D eigenvalue weighted by atomic mass is 9.90. The first kappa shape index (κ1) is 17.2. The van der Waals surface area contributed by atoms with E-state index in [0.717, 1.165) is 12.8 Å². The molecular formula is C13H26O5. The summed E-state index contributed by atoms with van der Waals surface area (Å²) in [7, 11) is 1.64. The molecule has 0 saturated carbocycles. The van der Waals surface area contributed by atoms with E-state index in [-0.39, 0.29) is 12.0 Å². The van der Waals surface area contributed by atoms with Gasteiger partial charge < -0.3 is 18.9 Å². The van der Waals surface area contributed by atoms with Gasteiger partial charge in [0.2, 0.25) is 0 Å². The van der Waals surface area contributed by atoms with E-state index in [1.54, 1.807) is 7.11 Å². The summed E-state index contributed by atoms with van der Waals surface area (Å²) in [6.07, 6.45) is 1.18. The molecule has 0 radical (unpaired) electrons. The van der Waals surface area contributed by atoms with Crippen LogP contribution in [0.15, 0.2) is 0 Å². The molecule has 0 aromatic carbocycles. The maximum atomic E-state index is 11.3. The zero-order chi connectivity index (χ0) is 13.9. The molecular weight excluding hydrogens is 236 g/mol. The molecule has 5 nitrogen and oxygen atoms in total. The average molecular weight is 262 g/mol. The molecule has 0 aliphatic carbocycles. The lowest BCUT2D eigenvalue weighted by molar-refractivity contribution is -0.0124. The molecule has 0 aromatic heterocycles. The van der Waals surface area contributed by atoms with Gasteiger partial charge in [-0.2, -0.15) is 0 Å². The highest BCUT2D eigenvalue weighted by Crippen LogP contribution is 2.21. The Bertz CT molecular complexity index is 219. The van der Waals surface area contributed by atoms with Gasteiger partial charge in [-0.15, -0.1) is 0 Å². The number of carbonyl (C=O) groups excluding carboxylic acids is 1. The Hall–Kier alpha value is -0.810. The van der Waals surface area contributed by atoms with Crippen molar-refractivity contribution in [1.29, 1.82) is 0 Å². The van der Waals surface area contributed by atoms with Gasteiger partial charge in [0.1, 0.15) is 13.2 Å². The summed E-state index contributed by atoms with van der Waals surface area (Å²) in [5.41, 5.74) is -0.160. The number of methoxy groups -OCH3 is 1. The normalized spacial score (nSPS) is 14.0. The lowest BCUT2D eigenvalue weighted by Crippen LogP contribution is -2.29. The number of hydrogen-bond donors (Lipinski definition) is 0. The molecule has 0 spiro atoms. The van der Waals surface area contributed by atoms with Gasteiger partial charge in [0.15, 0.2) is 0 Å². The van der Waals surface area contributed by atoms with E-state index in [2.05, 4.69) is 0 Å². The fraction of sp³-hybridized carbons (Fsp3) is 0.923. The topological polar surface area (TPSA) is 54.0 Å². The van der Waals surface area contributed by atoms with Crippen LogP contribution in [0.5, 0.6) is 0 Å². The van der Waals surface area contributed by atoms with Gasteiger partial charge in [-0.25, -0.2) is 4.79 Å². The molecule has 1 unspecified atom stereocenters. The second kappa shape index (κ2) is 10.1. The predicted molar refractivity (Wildman–Crippen MR) is 68.7 cm³/mol. The average Bonchev–Trinajstić information content (AvgIpc) is 2.36. The molecule has 0 aromatic rings. The van der Waals surface area contributed by atoms with Gasteiger partial charge in [0.25, 0.3) is 0 Å². The third-order valence-electron chi connectivity index (χ3n) is 2.68. The Morgan fingerprint density at radius 3 is 2.33 bits per heavy atom. The van der Waals surface area contributed by atoms with Crippen molar-refractivity contribution in [1.82, 2.24) is 0 Å². The van der Waals surface area contributed by atoms with Crippen LogP contribution in [0.25, 0.3) is 0 Å². The van der Waals surface area contributed by atoms with E-state index in [1.807, 2.05) is 20.8 Å². The molecule has 0 aliphatic rings. The Kier molecular flexibility index (Phi) is 9.69. The summed E-state index contributed by atoms with van der Waals surface area (Å²) in [5.74, 6) is 0. The Morgan fingerprint density at radius 1 is 1.06 bits per heavy atom. The SMILES string of the molecule is CCCOCCOC(=O)OCC(C)(CC)COC. The molecule has 5 heteroatoms. The molecule has 18 heavy (non-hydrogen) atoms. The van der Waals surface area contributed by atoms with Crippen molar-refractivity contribution < 1.29 is 23.7 Å².